The Balaban J connectivity index is 2.42. The third kappa shape index (κ3) is 4.52. The molecule has 2 amide bonds. The van der Waals surface area contributed by atoms with Crippen LogP contribution in [0, 0.1) is 0 Å². The zero-order chi connectivity index (χ0) is 12.7. The van der Waals surface area contributed by atoms with E-state index in [9.17, 15) is 9.59 Å². The van der Waals surface area contributed by atoms with Gasteiger partial charge in [0.25, 0.3) is 5.91 Å². The van der Waals surface area contributed by atoms with Crippen LogP contribution in [0.25, 0.3) is 0 Å². The Morgan fingerprint density at radius 3 is 2.41 bits per heavy atom. The average Bonchev–Trinajstić information content (AvgIpc) is 2.34. The zero-order valence-corrected chi connectivity index (χ0v) is 9.31. The molecule has 0 aliphatic heterocycles. The van der Waals surface area contributed by atoms with Crippen molar-refractivity contribution < 1.29 is 14.3 Å². The van der Waals surface area contributed by atoms with Gasteiger partial charge in [0.1, 0.15) is 5.75 Å². The molecule has 0 aliphatic carbocycles. The highest BCUT2D eigenvalue weighted by molar-refractivity contribution is 5.92. The number of nitrogens with one attached hydrogen (secondary N) is 1. The fraction of sp³-hybridized carbons (Fsp3) is 0.273. The number of primary amides is 1. The van der Waals surface area contributed by atoms with Crippen molar-refractivity contribution in [2.24, 2.45) is 11.5 Å². The number of ether oxygens (including phenoxy) is 1. The zero-order valence-electron chi connectivity index (χ0n) is 9.31. The van der Waals surface area contributed by atoms with Gasteiger partial charge in [-0.3, -0.25) is 9.59 Å². The summed E-state index contributed by atoms with van der Waals surface area (Å²) in [4.78, 5) is 22.0. The Morgan fingerprint density at radius 2 is 1.88 bits per heavy atom. The van der Waals surface area contributed by atoms with Gasteiger partial charge in [-0.05, 0) is 24.3 Å². The summed E-state index contributed by atoms with van der Waals surface area (Å²) in [5.41, 5.74) is 10.7. The largest absolute Gasteiger partial charge is 0.484 e. The molecule has 1 aromatic rings. The SMILES string of the molecule is NCCNC(=O)COc1ccc(C(N)=O)cc1. The number of amides is 2. The van der Waals surface area contributed by atoms with Gasteiger partial charge in [0.05, 0.1) is 0 Å². The molecule has 0 saturated carbocycles. The highest BCUT2D eigenvalue weighted by atomic mass is 16.5. The van der Waals surface area contributed by atoms with Gasteiger partial charge in [0.2, 0.25) is 5.91 Å². The molecule has 0 aromatic heterocycles. The molecule has 6 nitrogen and oxygen atoms in total. The molecule has 6 heteroatoms. The smallest absolute Gasteiger partial charge is 0.257 e. The molecule has 17 heavy (non-hydrogen) atoms. The van der Waals surface area contributed by atoms with Crippen molar-refractivity contribution in [3.05, 3.63) is 29.8 Å². The summed E-state index contributed by atoms with van der Waals surface area (Å²) in [6.45, 7) is 0.720. The van der Waals surface area contributed by atoms with E-state index in [1.165, 1.54) is 12.1 Å². The van der Waals surface area contributed by atoms with Crippen molar-refractivity contribution in [2.75, 3.05) is 19.7 Å². The summed E-state index contributed by atoms with van der Waals surface area (Å²) in [6, 6.07) is 6.23. The maximum absolute atomic E-state index is 11.2. The lowest BCUT2D eigenvalue weighted by Gasteiger charge is -2.06. The third-order valence-corrected chi connectivity index (χ3v) is 1.98. The molecule has 0 spiro atoms. The van der Waals surface area contributed by atoms with Crippen molar-refractivity contribution >= 4 is 11.8 Å². The summed E-state index contributed by atoms with van der Waals surface area (Å²) in [6.07, 6.45) is 0. The molecule has 0 atom stereocenters. The van der Waals surface area contributed by atoms with Gasteiger partial charge in [-0.2, -0.15) is 0 Å². The van der Waals surface area contributed by atoms with E-state index in [2.05, 4.69) is 5.32 Å². The first-order valence-corrected chi connectivity index (χ1v) is 5.13. The van der Waals surface area contributed by atoms with Crippen LogP contribution in [0.15, 0.2) is 24.3 Å². The van der Waals surface area contributed by atoms with Gasteiger partial charge in [0.15, 0.2) is 6.61 Å². The highest BCUT2D eigenvalue weighted by Gasteiger charge is 2.03. The lowest BCUT2D eigenvalue weighted by atomic mass is 10.2. The first-order valence-electron chi connectivity index (χ1n) is 5.13. The van der Waals surface area contributed by atoms with Crippen LogP contribution in [0.1, 0.15) is 10.4 Å². The highest BCUT2D eigenvalue weighted by Crippen LogP contribution is 2.11. The molecule has 0 heterocycles. The fourth-order valence-corrected chi connectivity index (χ4v) is 1.13. The summed E-state index contributed by atoms with van der Waals surface area (Å²) >= 11 is 0. The van der Waals surface area contributed by atoms with E-state index in [1.807, 2.05) is 0 Å². The number of rotatable bonds is 6. The molecule has 92 valence electrons. The Bertz CT molecular complexity index is 389. The third-order valence-electron chi connectivity index (χ3n) is 1.98. The second-order valence-electron chi connectivity index (χ2n) is 3.32. The van der Waals surface area contributed by atoms with Crippen LogP contribution >= 0.6 is 0 Å². The predicted molar refractivity (Wildman–Crippen MR) is 62.5 cm³/mol. The number of hydrogen-bond donors (Lipinski definition) is 3. The second-order valence-corrected chi connectivity index (χ2v) is 3.32. The first kappa shape index (κ1) is 13.0. The van der Waals surface area contributed by atoms with Gasteiger partial charge in [0, 0.05) is 18.7 Å². The van der Waals surface area contributed by atoms with E-state index in [0.29, 0.717) is 24.4 Å². The van der Waals surface area contributed by atoms with E-state index >= 15 is 0 Å². The Hall–Kier alpha value is -2.08. The topological polar surface area (TPSA) is 107 Å². The first-order chi connectivity index (χ1) is 8.13. The molecule has 0 unspecified atom stereocenters. The van der Waals surface area contributed by atoms with Crippen molar-refractivity contribution in [3.63, 3.8) is 0 Å². The quantitative estimate of drug-likeness (QED) is 0.604. The molecular formula is C11H15N3O3. The fourth-order valence-electron chi connectivity index (χ4n) is 1.13. The van der Waals surface area contributed by atoms with E-state index in [-0.39, 0.29) is 12.5 Å². The van der Waals surface area contributed by atoms with Crippen molar-refractivity contribution in [3.8, 4) is 5.75 Å². The molecule has 0 saturated heterocycles. The van der Waals surface area contributed by atoms with Crippen LogP contribution in [-0.4, -0.2) is 31.5 Å². The second kappa shape index (κ2) is 6.49. The average molecular weight is 237 g/mol. The number of hydrogen-bond acceptors (Lipinski definition) is 4. The molecule has 0 fully saturated rings. The number of carbonyl (C=O) groups is 2. The van der Waals surface area contributed by atoms with Crippen molar-refractivity contribution in [1.29, 1.82) is 0 Å². The van der Waals surface area contributed by atoms with E-state index in [4.69, 9.17) is 16.2 Å². The molecule has 5 N–H and O–H groups in total. The number of benzene rings is 1. The molecule has 1 aromatic carbocycles. The van der Waals surface area contributed by atoms with Crippen LogP contribution in [0.5, 0.6) is 5.75 Å². The maximum atomic E-state index is 11.2. The summed E-state index contributed by atoms with van der Waals surface area (Å²) in [5, 5.41) is 2.57. The van der Waals surface area contributed by atoms with Crippen LogP contribution in [0.2, 0.25) is 0 Å². The summed E-state index contributed by atoms with van der Waals surface area (Å²) in [5.74, 6) is -0.246. The summed E-state index contributed by atoms with van der Waals surface area (Å²) < 4.78 is 5.19. The van der Waals surface area contributed by atoms with Gasteiger partial charge >= 0.3 is 0 Å². The molecular weight excluding hydrogens is 222 g/mol. The minimum Gasteiger partial charge on any atom is -0.484 e. The summed E-state index contributed by atoms with van der Waals surface area (Å²) in [7, 11) is 0. The normalized spacial score (nSPS) is 9.71. The molecule has 0 bridgehead atoms. The number of nitrogens with two attached hydrogens (primary N) is 2. The Labute approximate surface area is 98.9 Å². The Kier molecular flexibility index (Phi) is 4.96. The Morgan fingerprint density at radius 1 is 1.24 bits per heavy atom. The van der Waals surface area contributed by atoms with Gasteiger partial charge in [-0.25, -0.2) is 0 Å². The molecule has 1 rings (SSSR count). The van der Waals surface area contributed by atoms with Crippen LogP contribution in [0.4, 0.5) is 0 Å². The van der Waals surface area contributed by atoms with Gasteiger partial charge < -0.3 is 21.5 Å². The van der Waals surface area contributed by atoms with E-state index in [1.54, 1.807) is 12.1 Å². The van der Waals surface area contributed by atoms with Gasteiger partial charge in [-0.15, -0.1) is 0 Å². The van der Waals surface area contributed by atoms with Crippen LogP contribution < -0.4 is 21.5 Å². The lowest BCUT2D eigenvalue weighted by molar-refractivity contribution is -0.123. The number of carbonyl (C=O) groups excluding carboxylic acids is 2. The van der Waals surface area contributed by atoms with E-state index < -0.39 is 5.91 Å². The molecule has 0 radical (unpaired) electrons. The lowest BCUT2D eigenvalue weighted by Crippen LogP contribution is -2.32. The van der Waals surface area contributed by atoms with Crippen molar-refractivity contribution in [2.45, 2.75) is 0 Å². The van der Waals surface area contributed by atoms with Crippen LogP contribution in [0.3, 0.4) is 0 Å². The standard InChI is InChI=1S/C11H15N3O3/c12-5-6-14-10(15)7-17-9-3-1-8(2-4-9)11(13)16/h1-4H,5-7,12H2,(H2,13,16)(H,14,15). The van der Waals surface area contributed by atoms with E-state index in [0.717, 1.165) is 0 Å². The van der Waals surface area contributed by atoms with Gasteiger partial charge in [-0.1, -0.05) is 0 Å². The van der Waals surface area contributed by atoms with Crippen molar-refractivity contribution in [1.82, 2.24) is 5.32 Å². The minimum absolute atomic E-state index is 0.0874. The predicted octanol–water partition coefficient (Wildman–Crippen LogP) is -0.761. The maximum Gasteiger partial charge on any atom is 0.257 e. The monoisotopic (exact) mass is 237 g/mol. The minimum atomic E-state index is -0.503. The van der Waals surface area contributed by atoms with Crippen LogP contribution in [-0.2, 0) is 4.79 Å². The molecule has 0 aliphatic rings.